The average Bonchev–Trinajstić information content (AvgIpc) is 3.28. The first kappa shape index (κ1) is 22.9. The van der Waals surface area contributed by atoms with Crippen molar-refractivity contribution < 1.29 is 18.7 Å². The molecule has 0 saturated heterocycles. The summed E-state index contributed by atoms with van der Waals surface area (Å²) >= 11 is 0. The molecule has 2 amide bonds. The van der Waals surface area contributed by atoms with Gasteiger partial charge >= 0.3 is 0 Å². The van der Waals surface area contributed by atoms with Gasteiger partial charge in [-0.3, -0.25) is 9.59 Å². The van der Waals surface area contributed by atoms with Gasteiger partial charge in [-0.25, -0.2) is 0 Å². The summed E-state index contributed by atoms with van der Waals surface area (Å²) in [5.74, 6) is 0.414. The fourth-order valence-electron chi connectivity index (χ4n) is 3.50. The molecular weight excluding hydrogens is 428 g/mol. The summed E-state index contributed by atoms with van der Waals surface area (Å²) in [6, 6.07) is 22.2. The summed E-state index contributed by atoms with van der Waals surface area (Å²) in [6.07, 6.45) is 3.24. The van der Waals surface area contributed by atoms with Crippen LogP contribution in [0.15, 0.2) is 83.3 Å². The highest BCUT2D eigenvalue weighted by Crippen LogP contribution is 2.29. The number of ether oxygens (including phenoxy) is 1. The monoisotopic (exact) mass is 454 g/mol. The third kappa shape index (κ3) is 5.35. The first-order valence-electron chi connectivity index (χ1n) is 11.0. The van der Waals surface area contributed by atoms with E-state index in [2.05, 4.69) is 36.6 Å². The van der Waals surface area contributed by atoms with Crippen LogP contribution < -0.4 is 15.4 Å². The second-order valence-electron chi connectivity index (χ2n) is 8.16. The molecule has 0 radical (unpaired) electrons. The third-order valence-electron chi connectivity index (χ3n) is 5.40. The van der Waals surface area contributed by atoms with Gasteiger partial charge in [-0.2, -0.15) is 0 Å². The van der Waals surface area contributed by atoms with Crippen molar-refractivity contribution in [2.75, 3.05) is 17.7 Å². The van der Waals surface area contributed by atoms with Crippen molar-refractivity contribution in [1.29, 1.82) is 0 Å². The molecule has 0 saturated carbocycles. The number of anilines is 2. The van der Waals surface area contributed by atoms with E-state index in [1.165, 1.54) is 18.7 Å². The van der Waals surface area contributed by atoms with Crippen LogP contribution in [0.4, 0.5) is 11.4 Å². The highest BCUT2D eigenvalue weighted by atomic mass is 16.5. The quantitative estimate of drug-likeness (QED) is 0.314. The Kier molecular flexibility index (Phi) is 6.78. The number of nitrogens with one attached hydrogen (secondary N) is 2. The summed E-state index contributed by atoms with van der Waals surface area (Å²) < 4.78 is 11.0. The Morgan fingerprint density at radius 1 is 0.941 bits per heavy atom. The lowest BCUT2D eigenvalue weighted by Gasteiger charge is -2.11. The Labute approximate surface area is 198 Å². The van der Waals surface area contributed by atoms with Crippen LogP contribution in [0.3, 0.4) is 0 Å². The van der Waals surface area contributed by atoms with Gasteiger partial charge in [0.2, 0.25) is 5.91 Å². The lowest BCUT2D eigenvalue weighted by atomic mass is 10.0. The molecule has 1 aromatic heterocycles. The summed E-state index contributed by atoms with van der Waals surface area (Å²) in [4.78, 5) is 25.0. The maximum atomic E-state index is 12.7. The van der Waals surface area contributed by atoms with Gasteiger partial charge in [0, 0.05) is 23.2 Å². The highest BCUT2D eigenvalue weighted by molar-refractivity contribution is 6.06. The molecule has 1 heterocycles. The minimum Gasteiger partial charge on any atom is -0.494 e. The van der Waals surface area contributed by atoms with Crippen molar-refractivity contribution in [3.8, 4) is 5.75 Å². The number of benzene rings is 3. The number of carbonyl (C=O) groups is 2. The summed E-state index contributed by atoms with van der Waals surface area (Å²) in [5.41, 5.74) is 3.85. The van der Waals surface area contributed by atoms with Gasteiger partial charge in [0.1, 0.15) is 11.3 Å². The van der Waals surface area contributed by atoms with E-state index in [-0.39, 0.29) is 11.7 Å². The minimum absolute atomic E-state index is 0.201. The van der Waals surface area contributed by atoms with Gasteiger partial charge in [0.05, 0.1) is 12.8 Å². The van der Waals surface area contributed by atoms with Gasteiger partial charge in [-0.05, 0) is 47.4 Å². The van der Waals surface area contributed by atoms with E-state index < -0.39 is 5.91 Å². The molecule has 172 valence electrons. The van der Waals surface area contributed by atoms with E-state index in [1.54, 1.807) is 36.4 Å². The Morgan fingerprint density at radius 3 is 2.41 bits per heavy atom. The van der Waals surface area contributed by atoms with E-state index in [4.69, 9.17) is 9.15 Å². The minimum atomic E-state index is -0.391. The molecule has 0 aliphatic heterocycles. The number of para-hydroxylation sites is 1. The zero-order chi connectivity index (χ0) is 24.1. The number of methoxy groups -OCH3 is 1. The molecule has 0 spiro atoms. The van der Waals surface area contributed by atoms with Crippen LogP contribution >= 0.6 is 0 Å². The molecule has 4 rings (SSSR count). The molecule has 0 fully saturated rings. The predicted molar refractivity (Wildman–Crippen MR) is 135 cm³/mol. The van der Waals surface area contributed by atoms with E-state index in [0.29, 0.717) is 28.6 Å². The Balaban J connectivity index is 1.41. The molecule has 6 nitrogen and oxygen atoms in total. The SMILES string of the molecule is COc1cc(NC(=O)C=Cc2ccc(C(C)C)cc2)ccc1NC(=O)c1cc2ccccc2o1. The van der Waals surface area contributed by atoms with Gasteiger partial charge in [-0.1, -0.05) is 56.3 Å². The zero-order valence-corrected chi connectivity index (χ0v) is 19.3. The van der Waals surface area contributed by atoms with Crippen LogP contribution in [0.1, 0.15) is 41.4 Å². The van der Waals surface area contributed by atoms with Crippen LogP contribution in [0.5, 0.6) is 5.75 Å². The number of carbonyl (C=O) groups excluding carboxylic acids is 2. The first-order chi connectivity index (χ1) is 16.4. The van der Waals surface area contributed by atoms with E-state index in [0.717, 1.165) is 10.9 Å². The normalized spacial score (nSPS) is 11.2. The standard InChI is InChI=1S/C28H26N2O4/c1-18(2)20-11-8-19(9-12-20)10-15-27(31)29-22-13-14-23(25(17-22)33-3)30-28(32)26-16-21-6-4-5-7-24(21)34-26/h4-18H,1-3H3,(H,29,31)(H,30,32). The van der Waals surface area contributed by atoms with Crippen LogP contribution in [-0.4, -0.2) is 18.9 Å². The Bertz CT molecular complexity index is 1320. The van der Waals surface area contributed by atoms with Crippen LogP contribution in [-0.2, 0) is 4.79 Å². The van der Waals surface area contributed by atoms with Crippen LogP contribution in [0, 0.1) is 0 Å². The topological polar surface area (TPSA) is 80.6 Å². The van der Waals surface area contributed by atoms with Crippen molar-refractivity contribution in [2.45, 2.75) is 19.8 Å². The van der Waals surface area contributed by atoms with Crippen molar-refractivity contribution in [2.24, 2.45) is 0 Å². The first-order valence-corrected chi connectivity index (χ1v) is 11.0. The predicted octanol–water partition coefficient (Wildman–Crippen LogP) is 6.47. The molecule has 0 unspecified atom stereocenters. The maximum Gasteiger partial charge on any atom is 0.291 e. The number of fused-ring (bicyclic) bond motifs is 1. The second kappa shape index (κ2) is 10.1. The molecule has 6 heteroatoms. The Morgan fingerprint density at radius 2 is 1.71 bits per heavy atom. The third-order valence-corrected chi connectivity index (χ3v) is 5.40. The molecule has 4 aromatic rings. The molecule has 34 heavy (non-hydrogen) atoms. The lowest BCUT2D eigenvalue weighted by Crippen LogP contribution is -2.12. The molecule has 0 bridgehead atoms. The molecule has 3 aromatic carbocycles. The zero-order valence-electron chi connectivity index (χ0n) is 19.3. The number of furan rings is 1. The molecule has 0 aliphatic rings. The number of amides is 2. The Hall–Kier alpha value is -4.32. The van der Waals surface area contributed by atoms with Gasteiger partial charge in [0.15, 0.2) is 5.76 Å². The summed E-state index contributed by atoms with van der Waals surface area (Å²) in [5, 5.41) is 6.45. The van der Waals surface area contributed by atoms with Gasteiger partial charge < -0.3 is 19.8 Å². The fourth-order valence-corrected chi connectivity index (χ4v) is 3.50. The molecule has 2 N–H and O–H groups in total. The number of hydrogen-bond donors (Lipinski definition) is 2. The summed E-state index contributed by atoms with van der Waals surface area (Å²) in [7, 11) is 1.50. The average molecular weight is 455 g/mol. The van der Waals surface area contributed by atoms with Crippen molar-refractivity contribution in [1.82, 2.24) is 0 Å². The van der Waals surface area contributed by atoms with Crippen LogP contribution in [0.2, 0.25) is 0 Å². The largest absolute Gasteiger partial charge is 0.494 e. The van der Waals surface area contributed by atoms with Crippen molar-refractivity contribution in [3.63, 3.8) is 0 Å². The maximum absolute atomic E-state index is 12.7. The number of hydrogen-bond acceptors (Lipinski definition) is 4. The highest BCUT2D eigenvalue weighted by Gasteiger charge is 2.15. The van der Waals surface area contributed by atoms with Gasteiger partial charge in [0.25, 0.3) is 5.91 Å². The smallest absolute Gasteiger partial charge is 0.291 e. The lowest BCUT2D eigenvalue weighted by molar-refractivity contribution is -0.111. The van der Waals surface area contributed by atoms with E-state index in [9.17, 15) is 9.59 Å². The van der Waals surface area contributed by atoms with E-state index >= 15 is 0 Å². The van der Waals surface area contributed by atoms with Gasteiger partial charge in [-0.15, -0.1) is 0 Å². The second-order valence-corrected chi connectivity index (χ2v) is 8.16. The molecule has 0 aliphatic carbocycles. The molecule has 0 atom stereocenters. The number of rotatable bonds is 7. The van der Waals surface area contributed by atoms with Crippen molar-refractivity contribution in [3.05, 3.63) is 95.8 Å². The van der Waals surface area contributed by atoms with Crippen molar-refractivity contribution >= 4 is 40.2 Å². The van der Waals surface area contributed by atoms with E-state index in [1.807, 2.05) is 30.3 Å². The molecular formula is C28H26N2O4. The summed E-state index contributed by atoms with van der Waals surface area (Å²) in [6.45, 7) is 4.28. The fraction of sp³-hybridized carbons (Fsp3) is 0.143. The van der Waals surface area contributed by atoms with Crippen LogP contribution in [0.25, 0.3) is 17.0 Å².